The highest BCUT2D eigenvalue weighted by Crippen LogP contribution is 2.29. The lowest BCUT2D eigenvalue weighted by molar-refractivity contribution is 0.700. The van der Waals surface area contributed by atoms with Gasteiger partial charge in [-0.15, -0.1) is 0 Å². The fourth-order valence-electron chi connectivity index (χ4n) is 2.25. The second-order valence-corrected chi connectivity index (χ2v) is 5.13. The fourth-order valence-corrected chi connectivity index (χ4v) is 2.25. The summed E-state index contributed by atoms with van der Waals surface area (Å²) in [7, 11) is 0. The summed E-state index contributed by atoms with van der Waals surface area (Å²) in [5, 5.41) is 0. The normalized spacial score (nSPS) is 12.2. The number of hydrogen-bond acceptors (Lipinski definition) is 0. The molecule has 0 saturated heterocycles. The Labute approximate surface area is 125 Å². The molecule has 0 nitrogen and oxygen atoms in total. The van der Waals surface area contributed by atoms with E-state index in [1.807, 2.05) is 31.2 Å². The smallest absolute Gasteiger partial charge is 0.166 e. The van der Waals surface area contributed by atoms with Crippen molar-refractivity contribution in [1.82, 2.24) is 0 Å². The topological polar surface area (TPSA) is 0 Å². The predicted molar refractivity (Wildman–Crippen MR) is 85.3 cm³/mol. The standard InChI is InChI=1S/C19H20F2/c1-3-5-15-8-12-17(13-9-15)19(21)18(20)16-10-6-14(4-2)7-11-16/h6-13H,3-5H2,1-2H3/b19-18+. The molecular formula is C19H20F2. The average Bonchev–Trinajstić information content (AvgIpc) is 2.54. The molecule has 0 aliphatic carbocycles. The molecule has 0 radical (unpaired) electrons. The molecule has 2 aromatic rings. The molecule has 0 saturated carbocycles. The van der Waals surface area contributed by atoms with Crippen LogP contribution in [0.2, 0.25) is 0 Å². The van der Waals surface area contributed by atoms with Gasteiger partial charge in [0.25, 0.3) is 0 Å². The number of hydrogen-bond donors (Lipinski definition) is 0. The zero-order valence-electron chi connectivity index (χ0n) is 12.5. The van der Waals surface area contributed by atoms with Gasteiger partial charge in [0.15, 0.2) is 11.7 Å². The van der Waals surface area contributed by atoms with Gasteiger partial charge in [0.2, 0.25) is 0 Å². The largest absolute Gasteiger partial charge is 0.203 e. The molecule has 0 amide bonds. The van der Waals surface area contributed by atoms with E-state index < -0.39 is 11.7 Å². The van der Waals surface area contributed by atoms with Gasteiger partial charge in [-0.25, -0.2) is 8.78 Å². The Bertz CT molecular complexity index is 607. The minimum Gasteiger partial charge on any atom is -0.203 e. The first-order chi connectivity index (χ1) is 10.2. The van der Waals surface area contributed by atoms with E-state index in [1.54, 1.807) is 24.3 Å². The van der Waals surface area contributed by atoms with E-state index in [0.717, 1.165) is 30.4 Å². The Morgan fingerprint density at radius 1 is 0.714 bits per heavy atom. The summed E-state index contributed by atoms with van der Waals surface area (Å²) in [5.74, 6) is -1.61. The van der Waals surface area contributed by atoms with E-state index in [1.165, 1.54) is 0 Å². The van der Waals surface area contributed by atoms with Crippen molar-refractivity contribution >= 4 is 11.7 Å². The van der Waals surface area contributed by atoms with Gasteiger partial charge in [-0.1, -0.05) is 68.8 Å². The number of halogens is 2. The molecule has 110 valence electrons. The summed E-state index contributed by atoms with van der Waals surface area (Å²) in [6.45, 7) is 4.12. The Morgan fingerprint density at radius 3 is 1.52 bits per heavy atom. The maximum Gasteiger partial charge on any atom is 0.166 e. The van der Waals surface area contributed by atoms with Crippen molar-refractivity contribution in [1.29, 1.82) is 0 Å². The van der Waals surface area contributed by atoms with E-state index in [4.69, 9.17) is 0 Å². The first-order valence-electron chi connectivity index (χ1n) is 7.39. The molecular weight excluding hydrogens is 266 g/mol. The van der Waals surface area contributed by atoms with Crippen LogP contribution in [0.25, 0.3) is 11.7 Å². The van der Waals surface area contributed by atoms with Crippen LogP contribution >= 0.6 is 0 Å². The summed E-state index contributed by atoms with van der Waals surface area (Å²) in [6.07, 6.45) is 2.87. The summed E-state index contributed by atoms with van der Waals surface area (Å²) in [5.41, 5.74) is 2.81. The SMILES string of the molecule is CCCc1ccc(/C(F)=C(\F)c2ccc(CC)cc2)cc1. The third-order valence-electron chi connectivity index (χ3n) is 3.55. The molecule has 0 atom stereocenters. The van der Waals surface area contributed by atoms with E-state index in [0.29, 0.717) is 0 Å². The van der Waals surface area contributed by atoms with Gasteiger partial charge in [-0.05, 0) is 24.0 Å². The van der Waals surface area contributed by atoms with Gasteiger partial charge in [0.1, 0.15) is 0 Å². The van der Waals surface area contributed by atoms with E-state index in [2.05, 4.69) is 6.92 Å². The van der Waals surface area contributed by atoms with Crippen molar-refractivity contribution < 1.29 is 8.78 Å². The van der Waals surface area contributed by atoms with E-state index in [-0.39, 0.29) is 11.1 Å². The highest BCUT2D eigenvalue weighted by Gasteiger charge is 2.11. The quantitative estimate of drug-likeness (QED) is 0.594. The van der Waals surface area contributed by atoms with Crippen LogP contribution in [0.5, 0.6) is 0 Å². The van der Waals surface area contributed by atoms with Crippen LogP contribution in [-0.2, 0) is 12.8 Å². The lowest BCUT2D eigenvalue weighted by Gasteiger charge is -2.05. The maximum absolute atomic E-state index is 14.2. The summed E-state index contributed by atoms with van der Waals surface area (Å²) in [4.78, 5) is 0. The Kier molecular flexibility index (Phi) is 5.26. The minimum atomic E-state index is -0.805. The molecule has 2 rings (SSSR count). The molecule has 2 heteroatoms. The maximum atomic E-state index is 14.2. The molecule has 0 aliphatic heterocycles. The molecule has 0 spiro atoms. The van der Waals surface area contributed by atoms with E-state index >= 15 is 0 Å². The molecule has 0 fully saturated rings. The van der Waals surface area contributed by atoms with Crippen molar-refractivity contribution in [3.8, 4) is 0 Å². The van der Waals surface area contributed by atoms with E-state index in [9.17, 15) is 8.78 Å². The molecule has 0 bridgehead atoms. The first kappa shape index (κ1) is 15.4. The van der Waals surface area contributed by atoms with Crippen LogP contribution in [0.1, 0.15) is 42.5 Å². The summed E-state index contributed by atoms with van der Waals surface area (Å²) < 4.78 is 28.4. The Morgan fingerprint density at radius 2 is 1.14 bits per heavy atom. The minimum absolute atomic E-state index is 0.280. The molecule has 2 aromatic carbocycles. The molecule has 0 unspecified atom stereocenters. The van der Waals surface area contributed by atoms with Crippen LogP contribution in [0.4, 0.5) is 8.78 Å². The first-order valence-corrected chi connectivity index (χ1v) is 7.39. The van der Waals surface area contributed by atoms with Gasteiger partial charge in [0, 0.05) is 11.1 Å². The van der Waals surface area contributed by atoms with Crippen LogP contribution in [0.15, 0.2) is 48.5 Å². The van der Waals surface area contributed by atoms with Gasteiger partial charge < -0.3 is 0 Å². The fraction of sp³-hybridized carbons (Fsp3) is 0.263. The highest BCUT2D eigenvalue weighted by molar-refractivity contribution is 5.83. The lowest BCUT2D eigenvalue weighted by Crippen LogP contribution is -1.88. The second kappa shape index (κ2) is 7.16. The number of benzene rings is 2. The van der Waals surface area contributed by atoms with Crippen LogP contribution in [-0.4, -0.2) is 0 Å². The van der Waals surface area contributed by atoms with Crippen molar-refractivity contribution in [2.75, 3.05) is 0 Å². The predicted octanol–water partition coefficient (Wildman–Crippen LogP) is 5.97. The van der Waals surface area contributed by atoms with Crippen LogP contribution in [0.3, 0.4) is 0 Å². The van der Waals surface area contributed by atoms with Gasteiger partial charge in [-0.2, -0.15) is 0 Å². The molecule has 0 N–H and O–H groups in total. The zero-order chi connectivity index (χ0) is 15.2. The molecule has 0 aliphatic rings. The van der Waals surface area contributed by atoms with Crippen LogP contribution < -0.4 is 0 Å². The van der Waals surface area contributed by atoms with Crippen molar-refractivity contribution in [3.05, 3.63) is 70.8 Å². The second-order valence-electron chi connectivity index (χ2n) is 5.13. The number of rotatable bonds is 5. The highest BCUT2D eigenvalue weighted by atomic mass is 19.2. The van der Waals surface area contributed by atoms with Gasteiger partial charge in [0.05, 0.1) is 0 Å². The Balaban J connectivity index is 2.27. The van der Waals surface area contributed by atoms with Crippen molar-refractivity contribution in [2.24, 2.45) is 0 Å². The van der Waals surface area contributed by atoms with Crippen molar-refractivity contribution in [3.63, 3.8) is 0 Å². The third kappa shape index (κ3) is 3.78. The molecule has 0 aromatic heterocycles. The third-order valence-corrected chi connectivity index (χ3v) is 3.55. The molecule has 0 heterocycles. The lowest BCUT2D eigenvalue weighted by atomic mass is 10.0. The summed E-state index contributed by atoms with van der Waals surface area (Å²) in [6, 6.07) is 13.9. The summed E-state index contributed by atoms with van der Waals surface area (Å²) >= 11 is 0. The van der Waals surface area contributed by atoms with Crippen molar-refractivity contribution in [2.45, 2.75) is 33.1 Å². The monoisotopic (exact) mass is 286 g/mol. The van der Waals surface area contributed by atoms with Gasteiger partial charge in [-0.3, -0.25) is 0 Å². The molecule has 21 heavy (non-hydrogen) atoms. The average molecular weight is 286 g/mol. The Hall–Kier alpha value is -1.96. The number of aryl methyl sites for hydroxylation is 2. The van der Waals surface area contributed by atoms with Crippen LogP contribution in [0, 0.1) is 0 Å². The zero-order valence-corrected chi connectivity index (χ0v) is 12.5. The van der Waals surface area contributed by atoms with Gasteiger partial charge >= 0.3 is 0 Å².